The van der Waals surface area contributed by atoms with Gasteiger partial charge in [-0.1, -0.05) is 25.7 Å². The average molecular weight is 183 g/mol. The van der Waals surface area contributed by atoms with Crippen molar-refractivity contribution in [1.82, 2.24) is 5.32 Å². The molecule has 0 aromatic carbocycles. The second-order valence-electron chi connectivity index (χ2n) is 4.77. The van der Waals surface area contributed by atoms with Crippen LogP contribution >= 0.6 is 0 Å². The molecular formula is C11H21NO. The Kier molecular flexibility index (Phi) is 2.89. The van der Waals surface area contributed by atoms with Crippen LogP contribution in [0.15, 0.2) is 0 Å². The molecule has 0 aromatic heterocycles. The molecular weight excluding hydrogens is 162 g/mol. The number of piperidine rings is 1. The maximum atomic E-state index is 9.68. The lowest BCUT2D eigenvalue weighted by Gasteiger charge is -2.40. The van der Waals surface area contributed by atoms with Crippen LogP contribution in [0.3, 0.4) is 0 Å². The zero-order valence-electron chi connectivity index (χ0n) is 8.39. The first-order chi connectivity index (χ1) is 6.31. The fourth-order valence-electron chi connectivity index (χ4n) is 2.92. The highest BCUT2D eigenvalue weighted by molar-refractivity contribution is 4.94. The standard InChI is InChI=1S/C11H21NO/c13-10-5-8-12-11(9-10)6-3-1-2-4-7-11/h10,12-13H,1-9H2. The Morgan fingerprint density at radius 2 is 1.77 bits per heavy atom. The van der Waals surface area contributed by atoms with Gasteiger partial charge in [-0.25, -0.2) is 0 Å². The van der Waals surface area contributed by atoms with Gasteiger partial charge in [0.05, 0.1) is 6.10 Å². The molecule has 1 heterocycles. The van der Waals surface area contributed by atoms with Crippen LogP contribution in [0.2, 0.25) is 0 Å². The van der Waals surface area contributed by atoms with Crippen molar-refractivity contribution in [2.75, 3.05) is 6.54 Å². The smallest absolute Gasteiger partial charge is 0.0569 e. The minimum absolute atomic E-state index is 0.0423. The first kappa shape index (κ1) is 9.47. The van der Waals surface area contributed by atoms with Crippen LogP contribution in [-0.4, -0.2) is 23.3 Å². The molecule has 1 saturated carbocycles. The van der Waals surface area contributed by atoms with Gasteiger partial charge in [0.15, 0.2) is 0 Å². The van der Waals surface area contributed by atoms with E-state index in [1.54, 1.807) is 0 Å². The summed E-state index contributed by atoms with van der Waals surface area (Å²) >= 11 is 0. The monoisotopic (exact) mass is 183 g/mol. The van der Waals surface area contributed by atoms with E-state index in [9.17, 15) is 5.11 Å². The predicted molar refractivity (Wildman–Crippen MR) is 53.7 cm³/mol. The molecule has 1 unspecified atom stereocenters. The van der Waals surface area contributed by atoms with E-state index in [0.29, 0.717) is 5.54 Å². The minimum atomic E-state index is -0.0423. The van der Waals surface area contributed by atoms with Crippen LogP contribution < -0.4 is 5.32 Å². The summed E-state index contributed by atoms with van der Waals surface area (Å²) in [6.07, 6.45) is 9.93. The van der Waals surface area contributed by atoms with Crippen molar-refractivity contribution in [2.45, 2.75) is 63.0 Å². The SMILES string of the molecule is OC1CCNC2(CCCCCC2)C1. The maximum absolute atomic E-state index is 9.68. The summed E-state index contributed by atoms with van der Waals surface area (Å²) < 4.78 is 0. The highest BCUT2D eigenvalue weighted by Crippen LogP contribution is 2.33. The van der Waals surface area contributed by atoms with Gasteiger partial charge in [0.2, 0.25) is 0 Å². The van der Waals surface area contributed by atoms with Crippen LogP contribution in [0.25, 0.3) is 0 Å². The predicted octanol–water partition coefficient (Wildman–Crippen LogP) is 1.82. The molecule has 1 aliphatic carbocycles. The summed E-state index contributed by atoms with van der Waals surface area (Å²) in [7, 11) is 0. The maximum Gasteiger partial charge on any atom is 0.0569 e. The quantitative estimate of drug-likeness (QED) is 0.600. The van der Waals surface area contributed by atoms with E-state index in [-0.39, 0.29) is 6.10 Å². The van der Waals surface area contributed by atoms with E-state index < -0.39 is 0 Å². The number of aliphatic hydroxyl groups excluding tert-OH is 1. The molecule has 76 valence electrons. The van der Waals surface area contributed by atoms with Gasteiger partial charge >= 0.3 is 0 Å². The molecule has 0 amide bonds. The Bertz CT molecular complexity index is 161. The molecule has 2 rings (SSSR count). The zero-order valence-corrected chi connectivity index (χ0v) is 8.39. The van der Waals surface area contributed by atoms with Gasteiger partial charge < -0.3 is 10.4 Å². The van der Waals surface area contributed by atoms with Crippen molar-refractivity contribution < 1.29 is 5.11 Å². The van der Waals surface area contributed by atoms with Crippen LogP contribution in [-0.2, 0) is 0 Å². The third-order valence-corrected chi connectivity index (χ3v) is 3.66. The van der Waals surface area contributed by atoms with E-state index in [2.05, 4.69) is 5.32 Å². The van der Waals surface area contributed by atoms with Crippen LogP contribution in [0.1, 0.15) is 51.4 Å². The Morgan fingerprint density at radius 3 is 2.38 bits per heavy atom. The lowest BCUT2D eigenvalue weighted by molar-refractivity contribution is 0.0696. The molecule has 0 aromatic rings. The molecule has 2 fully saturated rings. The van der Waals surface area contributed by atoms with E-state index in [4.69, 9.17) is 0 Å². The number of aliphatic hydroxyl groups is 1. The Balaban J connectivity index is 1.99. The van der Waals surface area contributed by atoms with Gasteiger partial charge in [0, 0.05) is 5.54 Å². The van der Waals surface area contributed by atoms with Crippen LogP contribution in [0.4, 0.5) is 0 Å². The van der Waals surface area contributed by atoms with Crippen molar-refractivity contribution in [2.24, 2.45) is 0 Å². The van der Waals surface area contributed by atoms with Gasteiger partial charge in [-0.2, -0.15) is 0 Å². The van der Waals surface area contributed by atoms with Crippen LogP contribution in [0, 0.1) is 0 Å². The first-order valence-corrected chi connectivity index (χ1v) is 5.74. The van der Waals surface area contributed by atoms with E-state index >= 15 is 0 Å². The van der Waals surface area contributed by atoms with Gasteiger partial charge in [0.25, 0.3) is 0 Å². The summed E-state index contributed by atoms with van der Waals surface area (Å²) in [6.45, 7) is 1.02. The highest BCUT2D eigenvalue weighted by atomic mass is 16.3. The summed E-state index contributed by atoms with van der Waals surface area (Å²) in [5, 5.41) is 13.3. The Morgan fingerprint density at radius 1 is 1.08 bits per heavy atom. The van der Waals surface area contributed by atoms with E-state index in [0.717, 1.165) is 19.4 Å². The van der Waals surface area contributed by atoms with Gasteiger partial charge in [-0.05, 0) is 32.2 Å². The lowest BCUT2D eigenvalue weighted by Crippen LogP contribution is -2.52. The number of nitrogens with one attached hydrogen (secondary N) is 1. The molecule has 2 aliphatic rings. The fourth-order valence-corrected chi connectivity index (χ4v) is 2.92. The first-order valence-electron chi connectivity index (χ1n) is 5.74. The molecule has 2 heteroatoms. The summed E-state index contributed by atoms with van der Waals surface area (Å²) in [5.74, 6) is 0. The fraction of sp³-hybridized carbons (Fsp3) is 1.00. The molecule has 1 atom stereocenters. The van der Waals surface area contributed by atoms with Crippen molar-refractivity contribution >= 4 is 0 Å². The normalized spacial score (nSPS) is 34.4. The third kappa shape index (κ3) is 2.23. The molecule has 0 bridgehead atoms. The number of hydrogen-bond acceptors (Lipinski definition) is 2. The summed E-state index contributed by atoms with van der Waals surface area (Å²) in [4.78, 5) is 0. The Hall–Kier alpha value is -0.0800. The van der Waals surface area contributed by atoms with Gasteiger partial charge in [-0.15, -0.1) is 0 Å². The topological polar surface area (TPSA) is 32.3 Å². The molecule has 2 N–H and O–H groups in total. The number of hydrogen-bond donors (Lipinski definition) is 2. The summed E-state index contributed by atoms with van der Waals surface area (Å²) in [6, 6.07) is 0. The second kappa shape index (κ2) is 3.97. The van der Waals surface area contributed by atoms with Crippen molar-refractivity contribution in [3.05, 3.63) is 0 Å². The largest absolute Gasteiger partial charge is 0.393 e. The third-order valence-electron chi connectivity index (χ3n) is 3.66. The second-order valence-corrected chi connectivity index (χ2v) is 4.77. The zero-order chi connectivity index (χ0) is 9.15. The molecule has 0 radical (unpaired) electrons. The summed E-state index contributed by atoms with van der Waals surface area (Å²) in [5.41, 5.74) is 0.314. The Labute approximate surface area is 80.7 Å². The highest BCUT2D eigenvalue weighted by Gasteiger charge is 2.35. The van der Waals surface area contributed by atoms with Crippen molar-refractivity contribution in [1.29, 1.82) is 0 Å². The molecule has 1 aliphatic heterocycles. The molecule has 2 nitrogen and oxygen atoms in total. The molecule has 1 spiro atoms. The van der Waals surface area contributed by atoms with Crippen LogP contribution in [0.5, 0.6) is 0 Å². The van der Waals surface area contributed by atoms with Gasteiger partial charge in [0.1, 0.15) is 0 Å². The number of rotatable bonds is 0. The van der Waals surface area contributed by atoms with Crippen molar-refractivity contribution in [3.63, 3.8) is 0 Å². The molecule has 13 heavy (non-hydrogen) atoms. The van der Waals surface area contributed by atoms with E-state index in [1.807, 2.05) is 0 Å². The molecule has 1 saturated heterocycles. The van der Waals surface area contributed by atoms with Gasteiger partial charge in [-0.3, -0.25) is 0 Å². The van der Waals surface area contributed by atoms with E-state index in [1.165, 1.54) is 38.5 Å². The lowest BCUT2D eigenvalue weighted by atomic mass is 9.81. The average Bonchev–Trinajstić information content (AvgIpc) is 2.31. The van der Waals surface area contributed by atoms with Crippen molar-refractivity contribution in [3.8, 4) is 0 Å². The minimum Gasteiger partial charge on any atom is -0.393 e.